The van der Waals surface area contributed by atoms with Crippen molar-refractivity contribution in [1.82, 2.24) is 54.7 Å². The van der Waals surface area contributed by atoms with E-state index in [4.69, 9.17) is 9.47 Å². The first-order valence-corrected chi connectivity index (χ1v) is 25.2. The number of β-amino-alcohol motifs (C(OH)–C–C–N with tert-alkyl or cyclic N) is 1. The number of benzene rings is 1. The van der Waals surface area contributed by atoms with E-state index < -0.39 is 48.1 Å². The van der Waals surface area contributed by atoms with Crippen LogP contribution >= 0.6 is 11.3 Å². The van der Waals surface area contributed by atoms with Crippen molar-refractivity contribution in [2.24, 2.45) is 10.8 Å². The Morgan fingerprint density at radius 3 is 2.36 bits per heavy atom. The fourth-order valence-corrected chi connectivity index (χ4v) is 10.2. The monoisotopic (exact) mass is 1030 g/mol. The number of carbonyl (C=O) groups is 5. The SMILES string of the molecule is Cc1ncsc1-c1ccc(CNC(=O)[C@@H]2C[C@@H](O)CN2C(=O)[C@@H](NC(=O)COc2cnc(N3CC4(CN(CC(=O)Nc5cn6cc(-c7cncc(N(C)C(=O)OC(C)C)c7)ncc6n5)C4)C3)nc2)C(C)(C)C)cc1. The lowest BCUT2D eigenvalue weighted by Gasteiger charge is -2.60. The Morgan fingerprint density at radius 1 is 0.932 bits per heavy atom. The summed E-state index contributed by atoms with van der Waals surface area (Å²) in [6.45, 7) is 13.9. The summed E-state index contributed by atoms with van der Waals surface area (Å²) < 4.78 is 12.8. The second kappa shape index (κ2) is 21.1. The Morgan fingerprint density at radius 2 is 1.68 bits per heavy atom. The van der Waals surface area contributed by atoms with Crippen LogP contribution in [0.5, 0.6) is 5.75 Å². The van der Waals surface area contributed by atoms with Gasteiger partial charge in [0.05, 0.1) is 77.2 Å². The van der Waals surface area contributed by atoms with E-state index in [9.17, 15) is 29.1 Å². The van der Waals surface area contributed by atoms with E-state index in [1.165, 1.54) is 22.2 Å². The van der Waals surface area contributed by atoms with E-state index in [1.807, 2.05) is 56.9 Å². The molecule has 1 spiro atoms. The normalized spacial score (nSPS) is 17.6. The number of thiazole rings is 1. The van der Waals surface area contributed by atoms with Gasteiger partial charge in [0.1, 0.15) is 12.1 Å². The molecule has 74 heavy (non-hydrogen) atoms. The van der Waals surface area contributed by atoms with Crippen molar-refractivity contribution in [3.8, 4) is 27.4 Å². The van der Waals surface area contributed by atoms with Gasteiger partial charge in [-0.1, -0.05) is 45.0 Å². The van der Waals surface area contributed by atoms with Crippen LogP contribution in [0, 0.1) is 17.8 Å². The van der Waals surface area contributed by atoms with E-state index in [-0.39, 0.29) is 55.1 Å². The first-order chi connectivity index (χ1) is 35.3. The van der Waals surface area contributed by atoms with E-state index in [0.717, 1.165) is 34.8 Å². The molecule has 3 fully saturated rings. The number of nitrogens with one attached hydrogen (secondary N) is 3. The van der Waals surface area contributed by atoms with Crippen molar-refractivity contribution >= 4 is 64.2 Å². The number of fused-ring (bicyclic) bond motifs is 1. The molecule has 4 N–H and O–H groups in total. The minimum atomic E-state index is -1.02. The second-order valence-electron chi connectivity index (χ2n) is 20.6. The zero-order valence-electron chi connectivity index (χ0n) is 42.3. The highest BCUT2D eigenvalue weighted by atomic mass is 32.1. The number of aryl methyl sites for hydroxylation is 1. The number of aliphatic hydroxyl groups excluding tert-OH is 1. The fraction of sp³-hybridized carbons (Fsp3) is 0.431. The van der Waals surface area contributed by atoms with Crippen LogP contribution in [0.2, 0.25) is 0 Å². The molecule has 8 heterocycles. The molecule has 22 nitrogen and oxygen atoms in total. The Labute approximate surface area is 431 Å². The van der Waals surface area contributed by atoms with E-state index in [0.29, 0.717) is 47.4 Å². The maximum absolute atomic E-state index is 14.1. The molecule has 0 radical (unpaired) electrons. The molecular formula is C51H60N14O8S. The quantitative estimate of drug-likeness (QED) is 0.107. The number of amides is 5. The molecule has 1 aromatic carbocycles. The number of ether oxygens (including phenoxy) is 2. The molecule has 6 aromatic rings. The number of rotatable bonds is 16. The Balaban J connectivity index is 0.703. The zero-order valence-corrected chi connectivity index (χ0v) is 43.1. The highest BCUT2D eigenvalue weighted by molar-refractivity contribution is 7.13. The smallest absolute Gasteiger partial charge is 0.414 e. The van der Waals surface area contributed by atoms with Crippen molar-refractivity contribution in [3.63, 3.8) is 0 Å². The predicted octanol–water partition coefficient (Wildman–Crippen LogP) is 3.94. The average molecular weight is 1030 g/mol. The van der Waals surface area contributed by atoms with Gasteiger partial charge >= 0.3 is 6.09 Å². The number of carbonyl (C=O) groups excluding carboxylic acids is 5. The van der Waals surface area contributed by atoms with Crippen LogP contribution in [0.15, 0.2) is 79.2 Å². The van der Waals surface area contributed by atoms with Crippen LogP contribution in [0.25, 0.3) is 27.3 Å². The van der Waals surface area contributed by atoms with Gasteiger partial charge < -0.3 is 44.7 Å². The van der Waals surface area contributed by atoms with Gasteiger partial charge in [-0.25, -0.2) is 24.7 Å². The van der Waals surface area contributed by atoms with Gasteiger partial charge in [-0.2, -0.15) is 0 Å². The summed E-state index contributed by atoms with van der Waals surface area (Å²) in [6, 6.07) is 7.70. The molecule has 0 bridgehead atoms. The third-order valence-electron chi connectivity index (χ3n) is 13.1. The van der Waals surface area contributed by atoms with Crippen molar-refractivity contribution < 1.29 is 38.6 Å². The molecule has 23 heteroatoms. The molecule has 5 amide bonds. The Kier molecular flexibility index (Phi) is 14.6. The van der Waals surface area contributed by atoms with Gasteiger partial charge in [0.15, 0.2) is 23.8 Å². The highest BCUT2D eigenvalue weighted by Crippen LogP contribution is 2.41. The number of nitrogens with zero attached hydrogens (tertiary/aromatic N) is 11. The lowest BCUT2D eigenvalue weighted by molar-refractivity contribution is -0.144. The zero-order chi connectivity index (χ0) is 52.5. The second-order valence-corrected chi connectivity index (χ2v) is 21.4. The van der Waals surface area contributed by atoms with E-state index >= 15 is 0 Å². The van der Waals surface area contributed by atoms with E-state index in [1.54, 1.807) is 79.2 Å². The first-order valence-electron chi connectivity index (χ1n) is 24.3. The number of aromatic nitrogens is 7. The molecule has 3 saturated heterocycles. The third-order valence-corrected chi connectivity index (χ3v) is 14.1. The van der Waals surface area contributed by atoms with Crippen LogP contribution in [0.4, 0.5) is 22.2 Å². The summed E-state index contributed by atoms with van der Waals surface area (Å²) in [4.78, 5) is 101. The number of hydrogen-bond acceptors (Lipinski definition) is 17. The minimum Gasteiger partial charge on any atom is -0.481 e. The summed E-state index contributed by atoms with van der Waals surface area (Å²) in [5.41, 5.74) is 6.33. The minimum absolute atomic E-state index is 0.0187. The van der Waals surface area contributed by atoms with Crippen LogP contribution < -0.4 is 30.5 Å². The molecule has 3 atom stereocenters. The maximum atomic E-state index is 14.1. The third kappa shape index (κ3) is 11.6. The van der Waals surface area contributed by atoms with Gasteiger partial charge in [-0.15, -0.1) is 11.3 Å². The molecule has 5 aromatic heterocycles. The van der Waals surface area contributed by atoms with Gasteiger partial charge in [0.2, 0.25) is 23.7 Å². The number of hydrogen-bond donors (Lipinski definition) is 4. The molecular weight excluding hydrogens is 969 g/mol. The lowest BCUT2D eigenvalue weighted by atomic mass is 9.73. The average Bonchev–Trinajstić information content (AvgIpc) is 4.08. The van der Waals surface area contributed by atoms with Gasteiger partial charge in [0, 0.05) is 76.1 Å². The summed E-state index contributed by atoms with van der Waals surface area (Å²) in [6.07, 6.45) is 9.74. The number of likely N-dealkylation sites (tertiary alicyclic amines) is 2. The van der Waals surface area contributed by atoms with Crippen molar-refractivity contribution in [3.05, 3.63) is 90.5 Å². The number of pyridine rings is 1. The molecule has 0 unspecified atom stereocenters. The molecule has 0 aliphatic carbocycles. The molecule has 0 saturated carbocycles. The summed E-state index contributed by atoms with van der Waals surface area (Å²) in [5, 5.41) is 19.2. The number of anilines is 3. The summed E-state index contributed by atoms with van der Waals surface area (Å²) in [5.74, 6) is -0.426. The highest BCUT2D eigenvalue weighted by Gasteiger charge is 2.52. The van der Waals surface area contributed by atoms with Gasteiger partial charge in [-0.3, -0.25) is 38.9 Å². The van der Waals surface area contributed by atoms with Crippen molar-refractivity contribution in [1.29, 1.82) is 0 Å². The van der Waals surface area contributed by atoms with Gasteiger partial charge in [-0.05, 0) is 43.4 Å². The van der Waals surface area contributed by atoms with Gasteiger partial charge in [0.25, 0.3) is 5.91 Å². The standard InChI is InChI=1S/C51H60N14O8S/c1-30(2)73-49(71)61(7)35-12-34(15-52-16-35)38-21-63-22-40(58-41(63)19-53-38)59-42(67)23-62-25-51(26-62)27-64(28-51)48-55-17-37(18-56-48)72-24-43(68)60-45(50(4,5)6)47(70)65-20-36(66)13-39(65)46(69)54-14-32-8-10-33(11-9-32)44-31(3)57-29-74-44/h8-12,15-19,21-22,29-30,36,39,45,66H,13-14,20,23-28H2,1-7H3,(H,54,69)(H,59,67)(H,60,68)/t36-,39+,45-/m1/s1. The van der Waals surface area contributed by atoms with Crippen LogP contribution in [-0.2, 0) is 30.5 Å². The molecule has 3 aliphatic rings. The number of aliphatic hydroxyl groups is 1. The summed E-state index contributed by atoms with van der Waals surface area (Å²) in [7, 11) is 1.61. The Hall–Kier alpha value is -7.63. The number of imidazole rings is 1. The first kappa shape index (κ1) is 51.3. The van der Waals surface area contributed by atoms with Crippen LogP contribution in [0.3, 0.4) is 0 Å². The van der Waals surface area contributed by atoms with Crippen LogP contribution in [-0.4, -0.2) is 156 Å². The largest absolute Gasteiger partial charge is 0.481 e. The lowest BCUT2D eigenvalue weighted by Crippen LogP contribution is -2.73. The summed E-state index contributed by atoms with van der Waals surface area (Å²) >= 11 is 1.57. The molecule has 3 aliphatic heterocycles. The Bertz CT molecular complexity index is 3040. The van der Waals surface area contributed by atoms with Crippen molar-refractivity contribution in [2.75, 3.05) is 68.0 Å². The van der Waals surface area contributed by atoms with E-state index in [2.05, 4.69) is 50.8 Å². The predicted molar refractivity (Wildman–Crippen MR) is 275 cm³/mol. The molecule has 388 valence electrons. The fourth-order valence-electron chi connectivity index (χ4n) is 9.43. The van der Waals surface area contributed by atoms with Crippen LogP contribution in [0.1, 0.15) is 52.3 Å². The van der Waals surface area contributed by atoms with Crippen molar-refractivity contribution in [2.45, 2.75) is 78.8 Å². The molecule has 9 rings (SSSR count). The maximum Gasteiger partial charge on any atom is 0.414 e. The topological polar surface area (TPSA) is 255 Å².